The van der Waals surface area contributed by atoms with Gasteiger partial charge in [-0.1, -0.05) is 48.5 Å². The molecule has 0 saturated heterocycles. The molecule has 2 amide bonds. The predicted molar refractivity (Wildman–Crippen MR) is 110 cm³/mol. The number of para-hydroxylation sites is 2. The number of rotatable bonds is 6. The second kappa shape index (κ2) is 9.32. The van der Waals surface area contributed by atoms with Gasteiger partial charge in [-0.3, -0.25) is 9.59 Å². The fourth-order valence-electron chi connectivity index (χ4n) is 2.63. The summed E-state index contributed by atoms with van der Waals surface area (Å²) in [7, 11) is 1.48. The maximum Gasteiger partial charge on any atom is 0.272 e. The number of ether oxygens (including phenoxy) is 1. The number of carbonyl (C=O) groups excluding carboxylic acids is 2. The Balaban J connectivity index is 1.93. The summed E-state index contributed by atoms with van der Waals surface area (Å²) in [5.41, 5.74) is 0.867. The van der Waals surface area contributed by atoms with Crippen LogP contribution in [0.25, 0.3) is 6.08 Å². The van der Waals surface area contributed by atoms with Crippen LogP contribution < -0.4 is 15.4 Å². The van der Waals surface area contributed by atoms with Crippen LogP contribution in [0, 0.1) is 5.82 Å². The molecule has 3 aromatic rings. The van der Waals surface area contributed by atoms with Gasteiger partial charge in [0, 0.05) is 11.1 Å². The number of carbonyl (C=O) groups is 2. The third-order valence-electron chi connectivity index (χ3n) is 4.09. The van der Waals surface area contributed by atoms with Gasteiger partial charge in [0.05, 0.1) is 12.8 Å². The Hall–Kier alpha value is -3.93. The molecular formula is C23H19FN2O3. The number of halogens is 1. The van der Waals surface area contributed by atoms with Crippen LogP contribution in [0.3, 0.4) is 0 Å². The van der Waals surface area contributed by atoms with Crippen molar-refractivity contribution >= 4 is 23.6 Å². The zero-order chi connectivity index (χ0) is 20.6. The molecular weight excluding hydrogens is 371 g/mol. The normalized spacial score (nSPS) is 10.9. The van der Waals surface area contributed by atoms with Gasteiger partial charge in [0.15, 0.2) is 0 Å². The zero-order valence-electron chi connectivity index (χ0n) is 15.7. The van der Waals surface area contributed by atoms with E-state index in [0.717, 1.165) is 0 Å². The molecule has 3 rings (SSSR count). The third-order valence-corrected chi connectivity index (χ3v) is 4.09. The van der Waals surface area contributed by atoms with Crippen molar-refractivity contribution in [1.29, 1.82) is 0 Å². The van der Waals surface area contributed by atoms with Crippen molar-refractivity contribution in [3.05, 3.63) is 102 Å². The summed E-state index contributed by atoms with van der Waals surface area (Å²) in [6.45, 7) is 0. The Bertz CT molecular complexity index is 1050. The van der Waals surface area contributed by atoms with E-state index in [0.29, 0.717) is 17.0 Å². The number of hydrogen-bond acceptors (Lipinski definition) is 3. The molecule has 0 unspecified atom stereocenters. The van der Waals surface area contributed by atoms with Crippen LogP contribution in [-0.4, -0.2) is 18.9 Å². The molecule has 0 aliphatic rings. The van der Waals surface area contributed by atoms with Gasteiger partial charge >= 0.3 is 0 Å². The van der Waals surface area contributed by atoms with Crippen LogP contribution in [0.1, 0.15) is 15.9 Å². The molecule has 5 nitrogen and oxygen atoms in total. The highest BCUT2D eigenvalue weighted by atomic mass is 19.1. The van der Waals surface area contributed by atoms with Crippen molar-refractivity contribution in [3.63, 3.8) is 0 Å². The number of benzene rings is 3. The molecule has 146 valence electrons. The van der Waals surface area contributed by atoms with Crippen LogP contribution >= 0.6 is 0 Å². The lowest BCUT2D eigenvalue weighted by Gasteiger charge is -2.13. The molecule has 2 N–H and O–H groups in total. The fourth-order valence-corrected chi connectivity index (χ4v) is 2.63. The van der Waals surface area contributed by atoms with Gasteiger partial charge in [0.1, 0.15) is 17.3 Å². The minimum atomic E-state index is -0.609. The van der Waals surface area contributed by atoms with Crippen molar-refractivity contribution in [2.45, 2.75) is 0 Å². The lowest BCUT2D eigenvalue weighted by Crippen LogP contribution is -2.30. The van der Waals surface area contributed by atoms with E-state index in [1.54, 1.807) is 66.7 Å². The smallest absolute Gasteiger partial charge is 0.272 e. The molecule has 6 heteroatoms. The van der Waals surface area contributed by atoms with Gasteiger partial charge in [-0.25, -0.2) is 4.39 Å². The number of nitrogens with one attached hydrogen (secondary N) is 2. The Morgan fingerprint density at radius 1 is 0.897 bits per heavy atom. The van der Waals surface area contributed by atoms with E-state index in [2.05, 4.69) is 10.6 Å². The van der Waals surface area contributed by atoms with Crippen molar-refractivity contribution in [1.82, 2.24) is 5.32 Å². The third kappa shape index (κ3) is 5.07. The number of hydrogen-bond donors (Lipinski definition) is 2. The average Bonchev–Trinajstić information content (AvgIpc) is 2.75. The molecule has 0 radical (unpaired) electrons. The van der Waals surface area contributed by atoms with E-state index in [1.165, 1.54) is 25.3 Å². The first kappa shape index (κ1) is 19.8. The Morgan fingerprint density at radius 2 is 1.55 bits per heavy atom. The largest absolute Gasteiger partial charge is 0.495 e. The number of amides is 2. The quantitative estimate of drug-likeness (QED) is 0.619. The highest BCUT2D eigenvalue weighted by molar-refractivity contribution is 6.11. The maximum absolute atomic E-state index is 14.1. The van der Waals surface area contributed by atoms with E-state index in [4.69, 9.17) is 4.74 Å². The average molecular weight is 390 g/mol. The summed E-state index contributed by atoms with van der Waals surface area (Å²) in [5.74, 6) is -1.14. The molecule has 3 aromatic carbocycles. The highest BCUT2D eigenvalue weighted by Crippen LogP contribution is 2.23. The molecule has 0 spiro atoms. The molecule has 0 atom stereocenters. The van der Waals surface area contributed by atoms with E-state index < -0.39 is 17.6 Å². The Kier molecular flexibility index (Phi) is 6.37. The minimum Gasteiger partial charge on any atom is -0.495 e. The summed E-state index contributed by atoms with van der Waals surface area (Å²) in [6, 6.07) is 21.3. The standard InChI is InChI=1S/C23H19FN2O3/c1-29-21-14-8-7-13-19(21)25-23(28)20(15-17-11-5-6-12-18(17)24)26-22(27)16-9-3-2-4-10-16/h2-15H,1H3,(H,25,28)(H,26,27)/b20-15-. The second-order valence-corrected chi connectivity index (χ2v) is 6.05. The summed E-state index contributed by atoms with van der Waals surface area (Å²) in [5, 5.41) is 5.26. The molecule has 0 aliphatic carbocycles. The molecule has 0 aliphatic heterocycles. The topological polar surface area (TPSA) is 67.4 Å². The molecule has 0 aromatic heterocycles. The van der Waals surface area contributed by atoms with E-state index >= 15 is 0 Å². The molecule has 0 saturated carbocycles. The van der Waals surface area contributed by atoms with Crippen molar-refractivity contribution in [2.24, 2.45) is 0 Å². The Morgan fingerprint density at radius 3 is 2.28 bits per heavy atom. The second-order valence-electron chi connectivity index (χ2n) is 6.05. The monoisotopic (exact) mass is 390 g/mol. The van der Waals surface area contributed by atoms with Crippen LogP contribution in [0.15, 0.2) is 84.6 Å². The van der Waals surface area contributed by atoms with Gasteiger partial charge in [0.2, 0.25) is 0 Å². The van der Waals surface area contributed by atoms with Crippen LogP contribution in [0.2, 0.25) is 0 Å². The first-order chi connectivity index (χ1) is 14.1. The van der Waals surface area contributed by atoms with Gasteiger partial charge < -0.3 is 15.4 Å². The minimum absolute atomic E-state index is 0.102. The molecule has 29 heavy (non-hydrogen) atoms. The first-order valence-corrected chi connectivity index (χ1v) is 8.85. The summed E-state index contributed by atoms with van der Waals surface area (Å²) in [4.78, 5) is 25.5. The molecule has 0 fully saturated rings. The van der Waals surface area contributed by atoms with Crippen LogP contribution in [-0.2, 0) is 4.79 Å². The molecule has 0 bridgehead atoms. The van der Waals surface area contributed by atoms with Crippen LogP contribution in [0.5, 0.6) is 5.75 Å². The van der Waals surface area contributed by atoms with Gasteiger partial charge in [0.25, 0.3) is 11.8 Å². The predicted octanol–water partition coefficient (Wildman–Crippen LogP) is 4.24. The van der Waals surface area contributed by atoms with E-state index in [-0.39, 0.29) is 11.3 Å². The highest BCUT2D eigenvalue weighted by Gasteiger charge is 2.17. The first-order valence-electron chi connectivity index (χ1n) is 8.85. The summed E-state index contributed by atoms with van der Waals surface area (Å²) < 4.78 is 19.3. The van der Waals surface area contributed by atoms with Gasteiger partial charge in [-0.2, -0.15) is 0 Å². The Labute approximate surface area is 167 Å². The number of anilines is 1. The van der Waals surface area contributed by atoms with Gasteiger partial charge in [-0.05, 0) is 36.4 Å². The molecule has 0 heterocycles. The lowest BCUT2D eigenvalue weighted by molar-refractivity contribution is -0.113. The summed E-state index contributed by atoms with van der Waals surface area (Å²) in [6.07, 6.45) is 1.29. The SMILES string of the molecule is COc1ccccc1NC(=O)/C(=C/c1ccccc1F)NC(=O)c1ccccc1. The van der Waals surface area contributed by atoms with Crippen molar-refractivity contribution in [3.8, 4) is 5.75 Å². The van der Waals surface area contributed by atoms with Crippen molar-refractivity contribution < 1.29 is 18.7 Å². The van der Waals surface area contributed by atoms with E-state index in [9.17, 15) is 14.0 Å². The number of methoxy groups -OCH3 is 1. The lowest BCUT2D eigenvalue weighted by atomic mass is 10.1. The zero-order valence-corrected chi connectivity index (χ0v) is 15.7. The van der Waals surface area contributed by atoms with E-state index in [1.807, 2.05) is 0 Å². The van der Waals surface area contributed by atoms with Crippen LogP contribution in [0.4, 0.5) is 10.1 Å². The maximum atomic E-state index is 14.1. The fraction of sp³-hybridized carbons (Fsp3) is 0.0435. The van der Waals surface area contributed by atoms with Crippen molar-refractivity contribution in [2.75, 3.05) is 12.4 Å². The summed E-state index contributed by atoms with van der Waals surface area (Å²) >= 11 is 0. The van der Waals surface area contributed by atoms with Gasteiger partial charge in [-0.15, -0.1) is 0 Å².